The van der Waals surface area contributed by atoms with E-state index in [2.05, 4.69) is 11.6 Å². The van der Waals surface area contributed by atoms with Gasteiger partial charge in [-0.25, -0.2) is 0 Å². The molecule has 0 heterocycles. The Kier molecular flexibility index (Phi) is 16.1. The molecule has 0 spiro atoms. The molecule has 0 amide bonds. The quantitative estimate of drug-likeness (QED) is 0.322. The topological polar surface area (TPSA) is 9.23 Å². The fourth-order valence-corrected chi connectivity index (χ4v) is 0.435. The van der Waals surface area contributed by atoms with Crippen LogP contribution in [0, 0.1) is 0 Å². The predicted molar refractivity (Wildman–Crippen MR) is 32.3 cm³/mol. The molecule has 0 fully saturated rings. The molecule has 2 radical (unpaired) electrons. The zero-order valence-corrected chi connectivity index (χ0v) is 7.81. The van der Waals surface area contributed by atoms with Gasteiger partial charge in [-0.05, 0) is 6.42 Å². The fraction of sp³-hybridized carbons (Fsp3) is 1.00. The monoisotopic (exact) mass is 122 g/mol. The summed E-state index contributed by atoms with van der Waals surface area (Å²) in [5, 5.41) is 0. The minimum absolute atomic E-state index is 0. The van der Waals surface area contributed by atoms with Crippen LogP contribution in [0.15, 0.2) is 0 Å². The van der Waals surface area contributed by atoms with Crippen LogP contribution in [0.1, 0.15) is 27.6 Å². The third-order valence-electron chi connectivity index (χ3n) is 0.866. The third-order valence-corrected chi connectivity index (χ3v) is 0.866. The van der Waals surface area contributed by atoms with Crippen LogP contribution in [0.25, 0.3) is 0 Å². The van der Waals surface area contributed by atoms with E-state index in [0.717, 1.165) is 6.42 Å². The molecule has 0 aliphatic rings. The summed E-state index contributed by atoms with van der Waals surface area (Å²) < 4.78 is 4.34. The molecule has 0 N–H and O–H groups in total. The van der Waals surface area contributed by atoms with Gasteiger partial charge in [0, 0.05) is 6.61 Å². The van der Waals surface area contributed by atoms with Crippen LogP contribution in [0.3, 0.4) is 0 Å². The summed E-state index contributed by atoms with van der Waals surface area (Å²) in [5.41, 5.74) is 0. The molecule has 0 aliphatic carbocycles. The van der Waals surface area contributed by atoms with E-state index in [1.807, 2.05) is 0 Å². The van der Waals surface area contributed by atoms with E-state index in [-0.39, 0.29) is 31.0 Å². The van der Waals surface area contributed by atoms with Crippen molar-refractivity contribution < 1.29 is 35.6 Å². The molecule has 42 valence electrons. The SMILES string of the molecule is [B]OCCCCC.[H-].[Na+]. The summed E-state index contributed by atoms with van der Waals surface area (Å²) >= 11 is 0. The van der Waals surface area contributed by atoms with Gasteiger partial charge in [0.2, 0.25) is 0 Å². The van der Waals surface area contributed by atoms with Gasteiger partial charge in [-0.15, -0.1) is 0 Å². The van der Waals surface area contributed by atoms with E-state index in [9.17, 15) is 0 Å². The smallest absolute Gasteiger partial charge is 1.00 e. The first-order chi connectivity index (χ1) is 3.41. The van der Waals surface area contributed by atoms with Crippen molar-refractivity contribution in [1.82, 2.24) is 0 Å². The maximum Gasteiger partial charge on any atom is 1.00 e. The van der Waals surface area contributed by atoms with Crippen molar-refractivity contribution in [3.05, 3.63) is 0 Å². The Morgan fingerprint density at radius 1 is 1.50 bits per heavy atom. The van der Waals surface area contributed by atoms with Crippen molar-refractivity contribution >= 4 is 8.05 Å². The molecular weight excluding hydrogens is 110 g/mol. The van der Waals surface area contributed by atoms with Gasteiger partial charge in [0.1, 0.15) is 0 Å². The molecule has 0 saturated heterocycles. The van der Waals surface area contributed by atoms with Crippen LogP contribution in [-0.4, -0.2) is 14.7 Å². The Hall–Kier alpha value is 1.02. The summed E-state index contributed by atoms with van der Waals surface area (Å²) in [5.74, 6) is 0. The van der Waals surface area contributed by atoms with Crippen LogP contribution >= 0.6 is 0 Å². The number of hydrogen-bond acceptors (Lipinski definition) is 1. The third kappa shape index (κ3) is 10.1. The Morgan fingerprint density at radius 3 is 2.50 bits per heavy atom. The predicted octanol–water partition coefficient (Wildman–Crippen LogP) is -1.61. The number of unbranched alkanes of at least 4 members (excludes halogenated alkanes) is 2. The second kappa shape index (κ2) is 10.9. The molecule has 0 aromatic rings. The van der Waals surface area contributed by atoms with Gasteiger partial charge >= 0.3 is 29.6 Å². The molecule has 0 aromatic carbocycles. The second-order valence-corrected chi connectivity index (χ2v) is 1.58. The summed E-state index contributed by atoms with van der Waals surface area (Å²) in [7, 11) is 4.77. The van der Waals surface area contributed by atoms with Gasteiger partial charge in [0.25, 0.3) is 8.05 Å². The van der Waals surface area contributed by atoms with Crippen LogP contribution in [-0.2, 0) is 4.65 Å². The molecule has 1 nitrogen and oxygen atoms in total. The normalized spacial score (nSPS) is 8.12. The molecule has 0 atom stereocenters. The zero-order valence-electron chi connectivity index (χ0n) is 6.81. The van der Waals surface area contributed by atoms with Crippen LogP contribution < -0.4 is 29.6 Å². The molecule has 0 aromatic heterocycles. The molecule has 3 heteroatoms. The zero-order chi connectivity index (χ0) is 5.54. The molecule has 0 unspecified atom stereocenters. The minimum Gasteiger partial charge on any atom is -1.00 e. The molecule has 8 heavy (non-hydrogen) atoms. The van der Waals surface area contributed by atoms with Gasteiger partial charge in [0.05, 0.1) is 0 Å². The minimum atomic E-state index is 0. The van der Waals surface area contributed by atoms with Crippen molar-refractivity contribution in [3.8, 4) is 0 Å². The van der Waals surface area contributed by atoms with Gasteiger partial charge in [0.15, 0.2) is 0 Å². The molecule has 0 aliphatic heterocycles. The van der Waals surface area contributed by atoms with Crippen molar-refractivity contribution in [3.63, 3.8) is 0 Å². The van der Waals surface area contributed by atoms with Gasteiger partial charge in [-0.1, -0.05) is 19.8 Å². The van der Waals surface area contributed by atoms with E-state index in [1.165, 1.54) is 12.8 Å². The number of rotatable bonds is 4. The summed E-state index contributed by atoms with van der Waals surface area (Å²) in [6.07, 6.45) is 3.54. The van der Waals surface area contributed by atoms with Gasteiger partial charge < -0.3 is 6.08 Å². The molecule has 0 bridgehead atoms. The van der Waals surface area contributed by atoms with Gasteiger partial charge in [-0.3, -0.25) is 0 Å². The van der Waals surface area contributed by atoms with E-state index >= 15 is 0 Å². The Balaban J connectivity index is -0.000000180. The largest absolute Gasteiger partial charge is 1.00 e. The maximum absolute atomic E-state index is 4.77. The van der Waals surface area contributed by atoms with Crippen LogP contribution in [0.5, 0.6) is 0 Å². The van der Waals surface area contributed by atoms with Crippen molar-refractivity contribution in [2.75, 3.05) is 6.61 Å². The average Bonchev–Trinajstić information content (AvgIpc) is 1.69. The Bertz CT molecular complexity index is 36.1. The first-order valence-electron chi connectivity index (χ1n) is 2.73. The van der Waals surface area contributed by atoms with E-state index in [0.29, 0.717) is 6.61 Å². The second-order valence-electron chi connectivity index (χ2n) is 1.58. The fourth-order valence-electron chi connectivity index (χ4n) is 0.435. The van der Waals surface area contributed by atoms with Crippen molar-refractivity contribution in [2.24, 2.45) is 0 Å². The summed E-state index contributed by atoms with van der Waals surface area (Å²) in [4.78, 5) is 0. The summed E-state index contributed by atoms with van der Waals surface area (Å²) in [6.45, 7) is 2.85. The Labute approximate surface area is 76.4 Å². The van der Waals surface area contributed by atoms with E-state index in [1.54, 1.807) is 0 Å². The van der Waals surface area contributed by atoms with Crippen LogP contribution in [0.2, 0.25) is 0 Å². The van der Waals surface area contributed by atoms with Crippen molar-refractivity contribution in [2.45, 2.75) is 26.2 Å². The van der Waals surface area contributed by atoms with Crippen LogP contribution in [0.4, 0.5) is 0 Å². The van der Waals surface area contributed by atoms with Gasteiger partial charge in [-0.2, -0.15) is 0 Å². The first-order valence-corrected chi connectivity index (χ1v) is 2.73. The van der Waals surface area contributed by atoms with Crippen molar-refractivity contribution in [1.29, 1.82) is 0 Å². The summed E-state index contributed by atoms with van der Waals surface area (Å²) in [6, 6.07) is 0. The standard InChI is InChI=1S/C5H11BO.Na.H/c1-2-3-4-5-7-6;;/h2-5H2,1H3;;/q;+1;-1. The molecule has 0 saturated carbocycles. The number of hydrogen-bond donors (Lipinski definition) is 0. The first kappa shape index (κ1) is 11.8. The van der Waals surface area contributed by atoms with E-state index < -0.39 is 0 Å². The molecule has 0 rings (SSSR count). The maximum atomic E-state index is 4.77. The Morgan fingerprint density at radius 2 is 2.12 bits per heavy atom. The average molecular weight is 122 g/mol. The molecular formula is C5H12BNaO. The van der Waals surface area contributed by atoms with E-state index in [4.69, 9.17) is 8.05 Å².